The van der Waals surface area contributed by atoms with E-state index in [0.29, 0.717) is 24.7 Å². The van der Waals surface area contributed by atoms with E-state index in [1.807, 2.05) is 42.8 Å². The Bertz CT molecular complexity index is 1140. The third kappa shape index (κ3) is 3.86. The fourth-order valence-corrected chi connectivity index (χ4v) is 4.59. The SMILES string of the molecule is Cc1ccc(-n2ncc(C(C)NS(=O)(=O)c3ccc4c(c3)OCCO4)c2C)cc1. The summed E-state index contributed by atoms with van der Waals surface area (Å²) in [5, 5.41) is 4.44. The van der Waals surface area contributed by atoms with Gasteiger partial charge in [0, 0.05) is 23.4 Å². The minimum Gasteiger partial charge on any atom is -0.486 e. The van der Waals surface area contributed by atoms with Crippen molar-refractivity contribution < 1.29 is 17.9 Å². The molecule has 0 spiro atoms. The van der Waals surface area contributed by atoms with Crippen molar-refractivity contribution >= 4 is 10.0 Å². The maximum Gasteiger partial charge on any atom is 0.241 e. The van der Waals surface area contributed by atoms with Gasteiger partial charge in [-0.3, -0.25) is 0 Å². The van der Waals surface area contributed by atoms with E-state index in [-0.39, 0.29) is 4.90 Å². The molecule has 1 unspecified atom stereocenters. The Morgan fingerprint density at radius 2 is 1.72 bits per heavy atom. The van der Waals surface area contributed by atoms with Crippen molar-refractivity contribution in [3.63, 3.8) is 0 Å². The third-order valence-electron chi connectivity index (χ3n) is 4.95. The van der Waals surface area contributed by atoms with Gasteiger partial charge in [-0.15, -0.1) is 0 Å². The van der Waals surface area contributed by atoms with E-state index in [0.717, 1.165) is 16.9 Å². The molecule has 1 aromatic heterocycles. The predicted octanol–water partition coefficient (Wildman–Crippen LogP) is 3.30. The molecule has 0 aliphatic carbocycles. The van der Waals surface area contributed by atoms with Crippen LogP contribution in [0, 0.1) is 13.8 Å². The van der Waals surface area contributed by atoms with Crippen LogP contribution < -0.4 is 14.2 Å². The summed E-state index contributed by atoms with van der Waals surface area (Å²) in [5.41, 5.74) is 3.79. The lowest BCUT2D eigenvalue weighted by Crippen LogP contribution is -2.27. The van der Waals surface area contributed by atoms with E-state index >= 15 is 0 Å². The number of hydrogen-bond acceptors (Lipinski definition) is 5. The Kier molecular flexibility index (Phi) is 5.06. The maximum atomic E-state index is 12.9. The van der Waals surface area contributed by atoms with Crippen molar-refractivity contribution in [1.29, 1.82) is 0 Å². The molecule has 152 valence electrons. The fraction of sp³-hybridized carbons (Fsp3) is 0.286. The first-order valence-electron chi connectivity index (χ1n) is 9.39. The molecule has 0 saturated carbocycles. The average molecular weight is 413 g/mol. The van der Waals surface area contributed by atoms with Gasteiger partial charge < -0.3 is 9.47 Å². The van der Waals surface area contributed by atoms with Crippen LogP contribution in [0.15, 0.2) is 53.6 Å². The molecule has 1 N–H and O–H groups in total. The van der Waals surface area contributed by atoms with Gasteiger partial charge in [-0.05, 0) is 45.0 Å². The van der Waals surface area contributed by atoms with Crippen LogP contribution in [0.25, 0.3) is 5.69 Å². The summed E-state index contributed by atoms with van der Waals surface area (Å²) >= 11 is 0. The molecule has 0 saturated heterocycles. The van der Waals surface area contributed by atoms with Crippen LogP contribution in [0.4, 0.5) is 0 Å². The number of ether oxygens (including phenoxy) is 2. The molecule has 3 aromatic rings. The Labute approximate surface area is 170 Å². The van der Waals surface area contributed by atoms with Gasteiger partial charge in [-0.25, -0.2) is 17.8 Å². The van der Waals surface area contributed by atoms with E-state index in [2.05, 4.69) is 9.82 Å². The highest BCUT2D eigenvalue weighted by Gasteiger charge is 2.24. The zero-order valence-corrected chi connectivity index (χ0v) is 17.4. The van der Waals surface area contributed by atoms with Gasteiger partial charge in [0.15, 0.2) is 11.5 Å². The number of benzene rings is 2. The molecular weight excluding hydrogens is 390 g/mol. The largest absolute Gasteiger partial charge is 0.486 e. The van der Waals surface area contributed by atoms with E-state index < -0.39 is 16.1 Å². The number of sulfonamides is 1. The maximum absolute atomic E-state index is 12.9. The van der Waals surface area contributed by atoms with Crippen molar-refractivity contribution in [3.05, 3.63) is 65.5 Å². The highest BCUT2D eigenvalue weighted by molar-refractivity contribution is 7.89. The summed E-state index contributed by atoms with van der Waals surface area (Å²) in [6, 6.07) is 12.2. The summed E-state index contributed by atoms with van der Waals surface area (Å²) < 4.78 is 41.3. The smallest absolute Gasteiger partial charge is 0.241 e. The third-order valence-corrected chi connectivity index (χ3v) is 6.49. The fourth-order valence-electron chi connectivity index (χ4n) is 3.35. The second-order valence-corrected chi connectivity index (χ2v) is 8.80. The van der Waals surface area contributed by atoms with Gasteiger partial charge in [0.05, 0.1) is 16.8 Å². The van der Waals surface area contributed by atoms with Gasteiger partial charge >= 0.3 is 0 Å². The highest BCUT2D eigenvalue weighted by Crippen LogP contribution is 2.32. The summed E-state index contributed by atoms with van der Waals surface area (Å²) in [4.78, 5) is 0.136. The van der Waals surface area contributed by atoms with E-state index in [1.165, 1.54) is 17.7 Å². The zero-order chi connectivity index (χ0) is 20.6. The molecule has 1 atom stereocenters. The minimum absolute atomic E-state index is 0.136. The lowest BCUT2D eigenvalue weighted by atomic mass is 10.1. The van der Waals surface area contributed by atoms with Crippen LogP contribution >= 0.6 is 0 Å². The molecular formula is C21H23N3O4S. The summed E-state index contributed by atoms with van der Waals surface area (Å²) in [6.07, 6.45) is 1.70. The zero-order valence-electron chi connectivity index (χ0n) is 16.5. The number of aromatic nitrogens is 2. The van der Waals surface area contributed by atoms with E-state index in [9.17, 15) is 8.42 Å². The van der Waals surface area contributed by atoms with Gasteiger partial charge in [-0.2, -0.15) is 5.10 Å². The van der Waals surface area contributed by atoms with Crippen LogP contribution in [0.1, 0.15) is 29.8 Å². The van der Waals surface area contributed by atoms with Gasteiger partial charge in [0.1, 0.15) is 13.2 Å². The van der Waals surface area contributed by atoms with E-state index in [1.54, 1.807) is 19.2 Å². The number of rotatable bonds is 5. The monoisotopic (exact) mass is 413 g/mol. The van der Waals surface area contributed by atoms with Crippen molar-refractivity contribution in [3.8, 4) is 17.2 Å². The van der Waals surface area contributed by atoms with Gasteiger partial charge in [0.2, 0.25) is 10.0 Å². The molecule has 0 radical (unpaired) electrons. The predicted molar refractivity (Wildman–Crippen MR) is 109 cm³/mol. The molecule has 0 amide bonds. The summed E-state index contributed by atoms with van der Waals surface area (Å²) in [5.74, 6) is 0.994. The van der Waals surface area contributed by atoms with Crippen LogP contribution in [0.5, 0.6) is 11.5 Å². The average Bonchev–Trinajstić information content (AvgIpc) is 3.09. The van der Waals surface area contributed by atoms with Crippen molar-refractivity contribution in [2.24, 2.45) is 0 Å². The molecule has 0 fully saturated rings. The summed E-state index contributed by atoms with van der Waals surface area (Å²) in [6.45, 7) is 6.62. The molecule has 0 bridgehead atoms. The second kappa shape index (κ2) is 7.53. The first kappa shape index (κ1) is 19.5. The molecule has 4 rings (SSSR count). The van der Waals surface area contributed by atoms with Crippen molar-refractivity contribution in [1.82, 2.24) is 14.5 Å². The van der Waals surface area contributed by atoms with Gasteiger partial charge in [-0.1, -0.05) is 17.7 Å². The molecule has 29 heavy (non-hydrogen) atoms. The van der Waals surface area contributed by atoms with Crippen LogP contribution in [0.3, 0.4) is 0 Å². The quantitative estimate of drug-likeness (QED) is 0.694. The molecule has 1 aliphatic rings. The number of nitrogens with one attached hydrogen (secondary N) is 1. The lowest BCUT2D eigenvalue weighted by Gasteiger charge is -2.19. The molecule has 1 aliphatic heterocycles. The minimum atomic E-state index is -3.74. The number of nitrogens with zero attached hydrogens (tertiary/aromatic N) is 2. The highest BCUT2D eigenvalue weighted by atomic mass is 32.2. The Morgan fingerprint density at radius 1 is 1.03 bits per heavy atom. The second-order valence-electron chi connectivity index (χ2n) is 7.08. The van der Waals surface area contributed by atoms with Crippen LogP contribution in [0.2, 0.25) is 0 Å². The van der Waals surface area contributed by atoms with Crippen LogP contribution in [-0.2, 0) is 10.0 Å². The van der Waals surface area contributed by atoms with Crippen molar-refractivity contribution in [2.45, 2.75) is 31.7 Å². The lowest BCUT2D eigenvalue weighted by molar-refractivity contribution is 0.171. The van der Waals surface area contributed by atoms with Gasteiger partial charge in [0.25, 0.3) is 0 Å². The topological polar surface area (TPSA) is 82.5 Å². The summed E-state index contributed by atoms with van der Waals surface area (Å²) in [7, 11) is -3.74. The number of fused-ring (bicyclic) bond motifs is 1. The van der Waals surface area contributed by atoms with Crippen LogP contribution in [-0.4, -0.2) is 31.4 Å². The van der Waals surface area contributed by atoms with Crippen molar-refractivity contribution in [2.75, 3.05) is 13.2 Å². The first-order chi connectivity index (χ1) is 13.8. The Balaban J connectivity index is 1.57. The van der Waals surface area contributed by atoms with E-state index in [4.69, 9.17) is 9.47 Å². The molecule has 8 heteroatoms. The standard InChI is InChI=1S/C21H23N3O4S/c1-14-4-6-17(7-5-14)24-16(3)19(13-22-24)15(2)23-29(25,26)18-8-9-20-21(12-18)28-11-10-27-20/h4-9,12-13,15,23H,10-11H2,1-3H3. The number of hydrogen-bond donors (Lipinski definition) is 1. The Morgan fingerprint density at radius 3 is 2.45 bits per heavy atom. The molecule has 2 aromatic carbocycles. The molecule has 2 heterocycles. The normalized spacial score (nSPS) is 14.6. The Hall–Kier alpha value is -2.84. The number of aryl methyl sites for hydroxylation is 1. The first-order valence-corrected chi connectivity index (χ1v) is 10.9. The molecule has 7 nitrogen and oxygen atoms in total.